The van der Waals surface area contributed by atoms with Crippen molar-refractivity contribution in [3.05, 3.63) is 71.5 Å². The summed E-state index contributed by atoms with van der Waals surface area (Å²) in [4.78, 5) is 13.4. The lowest BCUT2D eigenvalue weighted by atomic mass is 10.2. The minimum Gasteiger partial charge on any atom is -0.477 e. The molecule has 0 saturated carbocycles. The molecule has 0 unspecified atom stereocenters. The summed E-state index contributed by atoms with van der Waals surface area (Å²) in [7, 11) is 0. The highest BCUT2D eigenvalue weighted by Gasteiger charge is 2.07. The maximum absolute atomic E-state index is 5.80. The first kappa shape index (κ1) is 15.2. The van der Waals surface area contributed by atoms with Crippen molar-refractivity contribution in [2.45, 2.75) is 20.3 Å². The van der Waals surface area contributed by atoms with E-state index in [0.717, 1.165) is 23.5 Å². The molecule has 0 bridgehead atoms. The second kappa shape index (κ2) is 7.01. The van der Waals surface area contributed by atoms with Crippen LogP contribution in [0.5, 0.6) is 5.88 Å². The molecule has 3 rings (SSSR count). The summed E-state index contributed by atoms with van der Waals surface area (Å²) in [6.45, 7) is 4.47. The Morgan fingerprint density at radius 1 is 0.826 bits per heavy atom. The van der Waals surface area contributed by atoms with Gasteiger partial charge in [-0.1, -0.05) is 36.4 Å². The monoisotopic (exact) mass is 305 g/mol. The predicted octanol–water partition coefficient (Wildman–Crippen LogP) is 3.78. The van der Waals surface area contributed by atoms with Crippen LogP contribution < -0.4 is 4.74 Å². The largest absolute Gasteiger partial charge is 0.477 e. The van der Waals surface area contributed by atoms with Crippen LogP contribution in [0.15, 0.2) is 54.6 Å². The molecule has 2 heterocycles. The van der Waals surface area contributed by atoms with Gasteiger partial charge >= 0.3 is 0 Å². The molecule has 0 N–H and O–H groups in total. The lowest BCUT2D eigenvalue weighted by Crippen LogP contribution is -2.05. The second-order valence-electron chi connectivity index (χ2n) is 5.42. The van der Waals surface area contributed by atoms with Gasteiger partial charge < -0.3 is 4.74 Å². The number of aromatic nitrogens is 3. The number of hydrogen-bond acceptors (Lipinski definition) is 4. The van der Waals surface area contributed by atoms with E-state index < -0.39 is 0 Å². The molecule has 0 aliphatic carbocycles. The van der Waals surface area contributed by atoms with E-state index in [0.29, 0.717) is 18.3 Å². The Labute approximate surface area is 136 Å². The molecule has 0 spiro atoms. The van der Waals surface area contributed by atoms with Crippen LogP contribution in [0.4, 0.5) is 0 Å². The number of ether oxygens (including phenoxy) is 1. The van der Waals surface area contributed by atoms with Crippen LogP contribution in [-0.2, 0) is 6.42 Å². The number of aryl methyl sites for hydroxylation is 2. The van der Waals surface area contributed by atoms with Crippen LogP contribution in [0.2, 0.25) is 0 Å². The maximum Gasteiger partial charge on any atom is 0.217 e. The van der Waals surface area contributed by atoms with Gasteiger partial charge in [-0.15, -0.1) is 0 Å². The van der Waals surface area contributed by atoms with Gasteiger partial charge in [-0.05, 0) is 31.5 Å². The number of benzene rings is 1. The highest BCUT2D eigenvalue weighted by Crippen LogP contribution is 2.17. The van der Waals surface area contributed by atoms with Crippen molar-refractivity contribution in [1.29, 1.82) is 0 Å². The Bertz CT molecular complexity index is 788. The quantitative estimate of drug-likeness (QED) is 0.720. The minimum absolute atomic E-state index is 0.584. The molecular weight excluding hydrogens is 286 g/mol. The van der Waals surface area contributed by atoms with E-state index in [4.69, 9.17) is 4.74 Å². The Hall–Kier alpha value is -2.75. The Morgan fingerprint density at radius 2 is 1.65 bits per heavy atom. The minimum atomic E-state index is 0.584. The summed E-state index contributed by atoms with van der Waals surface area (Å²) in [5.74, 6) is 1.19. The second-order valence-corrected chi connectivity index (χ2v) is 5.42. The van der Waals surface area contributed by atoms with E-state index in [1.54, 1.807) is 0 Å². The van der Waals surface area contributed by atoms with Gasteiger partial charge in [0, 0.05) is 23.9 Å². The van der Waals surface area contributed by atoms with Crippen LogP contribution in [0, 0.1) is 13.8 Å². The predicted molar refractivity (Wildman–Crippen MR) is 90.4 cm³/mol. The topological polar surface area (TPSA) is 47.9 Å². The number of hydrogen-bond donors (Lipinski definition) is 0. The first-order valence-electron chi connectivity index (χ1n) is 7.67. The molecule has 4 nitrogen and oxygen atoms in total. The summed E-state index contributed by atoms with van der Waals surface area (Å²) in [5, 5.41) is 0. The smallest absolute Gasteiger partial charge is 0.217 e. The van der Waals surface area contributed by atoms with Crippen LogP contribution in [0.25, 0.3) is 11.5 Å². The fourth-order valence-electron chi connectivity index (χ4n) is 2.31. The van der Waals surface area contributed by atoms with Crippen molar-refractivity contribution >= 4 is 0 Å². The normalized spacial score (nSPS) is 10.5. The summed E-state index contributed by atoms with van der Waals surface area (Å²) in [6, 6.07) is 17.9. The third-order valence-electron chi connectivity index (χ3n) is 3.43. The van der Waals surface area contributed by atoms with E-state index in [2.05, 4.69) is 27.1 Å². The summed E-state index contributed by atoms with van der Waals surface area (Å²) in [5.41, 5.74) is 3.83. The highest BCUT2D eigenvalue weighted by atomic mass is 16.5. The number of nitrogens with zero attached hydrogens (tertiary/aromatic N) is 3. The maximum atomic E-state index is 5.80. The standard InChI is InChI=1S/C19H19N3O/c1-14-7-6-10-17(20-14)19-21-15(2)13-18(22-19)23-12-11-16-8-4-3-5-9-16/h3-10,13H,11-12H2,1-2H3. The molecule has 0 amide bonds. The Kier molecular flexibility index (Phi) is 4.62. The van der Waals surface area contributed by atoms with Crippen molar-refractivity contribution in [3.8, 4) is 17.4 Å². The van der Waals surface area contributed by atoms with Gasteiger partial charge in [0.15, 0.2) is 5.82 Å². The molecular formula is C19H19N3O. The van der Waals surface area contributed by atoms with Gasteiger partial charge in [-0.3, -0.25) is 0 Å². The van der Waals surface area contributed by atoms with Crippen LogP contribution in [-0.4, -0.2) is 21.6 Å². The van der Waals surface area contributed by atoms with Crippen molar-refractivity contribution in [2.75, 3.05) is 6.61 Å². The van der Waals surface area contributed by atoms with E-state index in [9.17, 15) is 0 Å². The van der Waals surface area contributed by atoms with Gasteiger partial charge in [0.2, 0.25) is 5.88 Å². The molecule has 0 aliphatic rings. The van der Waals surface area contributed by atoms with Crippen molar-refractivity contribution in [3.63, 3.8) is 0 Å². The molecule has 116 valence electrons. The van der Waals surface area contributed by atoms with E-state index in [1.807, 2.05) is 56.3 Å². The van der Waals surface area contributed by atoms with Gasteiger partial charge in [0.25, 0.3) is 0 Å². The molecule has 2 aromatic heterocycles. The third-order valence-corrected chi connectivity index (χ3v) is 3.43. The lowest BCUT2D eigenvalue weighted by molar-refractivity contribution is 0.309. The molecule has 1 aromatic carbocycles. The van der Waals surface area contributed by atoms with Crippen LogP contribution in [0.3, 0.4) is 0 Å². The summed E-state index contributed by atoms with van der Waals surface area (Å²) in [6.07, 6.45) is 0.849. The zero-order valence-electron chi connectivity index (χ0n) is 13.4. The molecule has 0 radical (unpaired) electrons. The van der Waals surface area contributed by atoms with Crippen molar-refractivity contribution < 1.29 is 4.74 Å². The van der Waals surface area contributed by atoms with Gasteiger partial charge in [-0.2, -0.15) is 4.98 Å². The molecule has 0 aliphatic heterocycles. The number of pyridine rings is 1. The Morgan fingerprint density at radius 3 is 2.43 bits per heavy atom. The molecule has 0 fully saturated rings. The first-order chi connectivity index (χ1) is 11.2. The fraction of sp³-hybridized carbons (Fsp3) is 0.211. The molecule has 23 heavy (non-hydrogen) atoms. The van der Waals surface area contributed by atoms with Crippen molar-refractivity contribution in [1.82, 2.24) is 15.0 Å². The van der Waals surface area contributed by atoms with E-state index in [1.165, 1.54) is 5.56 Å². The molecule has 0 atom stereocenters. The van der Waals surface area contributed by atoms with Gasteiger partial charge in [0.1, 0.15) is 5.69 Å². The van der Waals surface area contributed by atoms with Crippen molar-refractivity contribution in [2.24, 2.45) is 0 Å². The summed E-state index contributed by atoms with van der Waals surface area (Å²) < 4.78 is 5.80. The van der Waals surface area contributed by atoms with E-state index >= 15 is 0 Å². The average Bonchev–Trinajstić information content (AvgIpc) is 2.55. The lowest BCUT2D eigenvalue weighted by Gasteiger charge is -2.08. The average molecular weight is 305 g/mol. The third kappa shape index (κ3) is 4.13. The zero-order chi connectivity index (χ0) is 16.1. The SMILES string of the molecule is Cc1cccc(-c2nc(C)cc(OCCc3ccccc3)n2)n1. The molecule has 3 aromatic rings. The van der Waals surface area contributed by atoms with E-state index in [-0.39, 0.29) is 0 Å². The van der Waals surface area contributed by atoms with Crippen LogP contribution >= 0.6 is 0 Å². The van der Waals surface area contributed by atoms with Gasteiger partial charge in [0.05, 0.1) is 6.61 Å². The molecule has 4 heteroatoms. The van der Waals surface area contributed by atoms with Gasteiger partial charge in [-0.25, -0.2) is 9.97 Å². The number of rotatable bonds is 5. The fourth-order valence-corrected chi connectivity index (χ4v) is 2.31. The van der Waals surface area contributed by atoms with Crippen LogP contribution in [0.1, 0.15) is 17.0 Å². The summed E-state index contributed by atoms with van der Waals surface area (Å²) >= 11 is 0. The zero-order valence-corrected chi connectivity index (χ0v) is 13.4. The molecule has 0 saturated heterocycles. The first-order valence-corrected chi connectivity index (χ1v) is 7.67. The highest BCUT2D eigenvalue weighted by molar-refractivity contribution is 5.50. The Balaban J connectivity index is 1.73.